The van der Waals surface area contributed by atoms with Gasteiger partial charge in [-0.2, -0.15) is 4.37 Å². The van der Waals surface area contributed by atoms with Gasteiger partial charge >= 0.3 is 0 Å². The molecule has 1 saturated carbocycles. The summed E-state index contributed by atoms with van der Waals surface area (Å²) in [5, 5.41) is 0. The van der Waals surface area contributed by atoms with Crippen LogP contribution in [0.25, 0.3) is 0 Å². The van der Waals surface area contributed by atoms with Gasteiger partial charge in [0.25, 0.3) is 0 Å². The number of ketones is 1. The zero-order valence-electron chi connectivity index (χ0n) is 7.96. The van der Waals surface area contributed by atoms with E-state index in [1.807, 2.05) is 6.92 Å². The topological polar surface area (TPSA) is 30.0 Å². The predicted molar refractivity (Wildman–Crippen MR) is 53.1 cm³/mol. The van der Waals surface area contributed by atoms with Gasteiger partial charge in [-0.05, 0) is 30.9 Å². The van der Waals surface area contributed by atoms with E-state index in [1.54, 1.807) is 11.5 Å². The van der Waals surface area contributed by atoms with Crippen LogP contribution < -0.4 is 0 Å². The Balaban J connectivity index is 2.30. The summed E-state index contributed by atoms with van der Waals surface area (Å²) >= 11 is 1.55. The lowest BCUT2D eigenvalue weighted by atomic mass is 9.87. The standard InChI is InChI=1S/C10H13NOS/c1-7-5-9(13-11-7)10(2)4-3-8(12)6-10/h5H,3-4,6H2,1-2H3. The number of aromatic nitrogens is 1. The Labute approximate surface area is 82.1 Å². The van der Waals surface area contributed by atoms with Gasteiger partial charge in [0.1, 0.15) is 5.78 Å². The quantitative estimate of drug-likeness (QED) is 0.689. The molecule has 0 aromatic carbocycles. The van der Waals surface area contributed by atoms with Crippen molar-refractivity contribution in [2.75, 3.05) is 0 Å². The molecule has 1 aromatic heterocycles. The molecule has 1 heterocycles. The highest BCUT2D eigenvalue weighted by molar-refractivity contribution is 7.06. The van der Waals surface area contributed by atoms with Crippen molar-refractivity contribution >= 4 is 17.3 Å². The molecule has 1 fully saturated rings. The van der Waals surface area contributed by atoms with Gasteiger partial charge in [-0.1, -0.05) is 6.92 Å². The van der Waals surface area contributed by atoms with Crippen LogP contribution in [-0.2, 0) is 10.2 Å². The average molecular weight is 195 g/mol. The van der Waals surface area contributed by atoms with Crippen molar-refractivity contribution < 1.29 is 4.79 Å². The highest BCUT2D eigenvalue weighted by Gasteiger charge is 2.36. The van der Waals surface area contributed by atoms with E-state index >= 15 is 0 Å². The molecule has 1 aromatic rings. The number of carbonyl (C=O) groups excluding carboxylic acids is 1. The largest absolute Gasteiger partial charge is 0.300 e. The summed E-state index contributed by atoms with van der Waals surface area (Å²) in [6.07, 6.45) is 2.44. The Kier molecular flexibility index (Phi) is 1.99. The minimum atomic E-state index is 0.0863. The number of aryl methyl sites for hydroxylation is 1. The van der Waals surface area contributed by atoms with Crippen LogP contribution in [0, 0.1) is 6.92 Å². The van der Waals surface area contributed by atoms with E-state index in [2.05, 4.69) is 17.4 Å². The van der Waals surface area contributed by atoms with E-state index in [0.717, 1.165) is 18.5 Å². The first-order valence-corrected chi connectivity index (χ1v) is 5.33. The first-order valence-electron chi connectivity index (χ1n) is 4.56. The highest BCUT2D eigenvalue weighted by Crippen LogP contribution is 2.40. The minimum Gasteiger partial charge on any atom is -0.300 e. The molecule has 0 spiro atoms. The lowest BCUT2D eigenvalue weighted by Gasteiger charge is -2.19. The Hall–Kier alpha value is -0.700. The SMILES string of the molecule is Cc1cc(C2(C)CCC(=O)C2)sn1. The molecule has 1 aliphatic rings. The molecule has 0 aliphatic heterocycles. The highest BCUT2D eigenvalue weighted by atomic mass is 32.1. The van der Waals surface area contributed by atoms with Crippen molar-refractivity contribution in [3.8, 4) is 0 Å². The smallest absolute Gasteiger partial charge is 0.133 e. The average Bonchev–Trinajstić information content (AvgIpc) is 2.60. The van der Waals surface area contributed by atoms with Gasteiger partial charge in [0.2, 0.25) is 0 Å². The van der Waals surface area contributed by atoms with Gasteiger partial charge in [-0.15, -0.1) is 0 Å². The maximum Gasteiger partial charge on any atom is 0.133 e. The van der Waals surface area contributed by atoms with E-state index in [0.29, 0.717) is 12.2 Å². The third-order valence-corrected chi connectivity index (χ3v) is 3.95. The van der Waals surface area contributed by atoms with Gasteiger partial charge in [0, 0.05) is 23.1 Å². The fraction of sp³-hybridized carbons (Fsp3) is 0.600. The molecule has 1 atom stereocenters. The molecule has 0 N–H and O–H groups in total. The minimum absolute atomic E-state index is 0.0863. The second kappa shape index (κ2) is 2.91. The van der Waals surface area contributed by atoms with E-state index < -0.39 is 0 Å². The lowest BCUT2D eigenvalue weighted by Crippen LogP contribution is -2.15. The Bertz CT molecular complexity index is 344. The zero-order chi connectivity index (χ0) is 9.47. The molecule has 13 heavy (non-hydrogen) atoms. The Morgan fingerprint density at radius 2 is 2.38 bits per heavy atom. The number of Topliss-reactive ketones (excluding diaryl/α,β-unsaturated/α-hetero) is 1. The predicted octanol–water partition coefficient (Wildman–Crippen LogP) is 2.46. The molecular formula is C10H13NOS. The third-order valence-electron chi connectivity index (χ3n) is 2.77. The van der Waals surface area contributed by atoms with Crippen molar-refractivity contribution in [1.29, 1.82) is 0 Å². The van der Waals surface area contributed by atoms with Crippen molar-refractivity contribution in [2.24, 2.45) is 0 Å². The fourth-order valence-electron chi connectivity index (χ4n) is 1.89. The molecule has 0 saturated heterocycles. The van der Waals surface area contributed by atoms with Gasteiger partial charge in [0.05, 0.1) is 5.69 Å². The van der Waals surface area contributed by atoms with Crippen LogP contribution >= 0.6 is 11.5 Å². The summed E-state index contributed by atoms with van der Waals surface area (Å²) in [6.45, 7) is 4.17. The molecule has 70 valence electrons. The van der Waals surface area contributed by atoms with E-state index in [1.165, 1.54) is 4.88 Å². The molecule has 2 nitrogen and oxygen atoms in total. The van der Waals surface area contributed by atoms with Gasteiger partial charge in [-0.3, -0.25) is 4.79 Å². The summed E-state index contributed by atoms with van der Waals surface area (Å²) < 4.78 is 4.26. The first-order chi connectivity index (χ1) is 6.10. The van der Waals surface area contributed by atoms with Crippen molar-refractivity contribution in [2.45, 2.75) is 38.5 Å². The van der Waals surface area contributed by atoms with Crippen LogP contribution in [0.15, 0.2) is 6.07 Å². The Morgan fingerprint density at radius 3 is 2.85 bits per heavy atom. The second-order valence-corrected chi connectivity index (χ2v) is 4.91. The number of carbonyl (C=O) groups is 1. The molecule has 0 radical (unpaired) electrons. The van der Waals surface area contributed by atoms with E-state index in [-0.39, 0.29) is 5.41 Å². The van der Waals surface area contributed by atoms with Crippen LogP contribution in [0.3, 0.4) is 0 Å². The van der Waals surface area contributed by atoms with Crippen LogP contribution in [0.1, 0.15) is 36.8 Å². The van der Waals surface area contributed by atoms with Crippen LogP contribution in [0.4, 0.5) is 0 Å². The normalized spacial score (nSPS) is 28.3. The summed E-state index contributed by atoms with van der Waals surface area (Å²) in [6, 6.07) is 2.11. The first kappa shape index (κ1) is 8.88. The van der Waals surface area contributed by atoms with Gasteiger partial charge < -0.3 is 0 Å². The monoisotopic (exact) mass is 195 g/mol. The maximum atomic E-state index is 11.2. The molecule has 0 amide bonds. The molecule has 1 unspecified atom stereocenters. The van der Waals surface area contributed by atoms with Crippen molar-refractivity contribution in [3.05, 3.63) is 16.6 Å². The van der Waals surface area contributed by atoms with Gasteiger partial charge in [-0.25, -0.2) is 0 Å². The summed E-state index contributed by atoms with van der Waals surface area (Å²) in [4.78, 5) is 12.5. The summed E-state index contributed by atoms with van der Waals surface area (Å²) in [5.41, 5.74) is 1.16. The van der Waals surface area contributed by atoms with E-state index in [9.17, 15) is 4.79 Å². The zero-order valence-corrected chi connectivity index (χ0v) is 8.78. The molecule has 3 heteroatoms. The second-order valence-electron chi connectivity index (χ2n) is 4.11. The van der Waals surface area contributed by atoms with Gasteiger partial charge in [0.15, 0.2) is 0 Å². The van der Waals surface area contributed by atoms with Crippen LogP contribution in [-0.4, -0.2) is 10.2 Å². The molecule has 0 bridgehead atoms. The Morgan fingerprint density at radius 1 is 1.62 bits per heavy atom. The van der Waals surface area contributed by atoms with Crippen molar-refractivity contribution in [3.63, 3.8) is 0 Å². The number of hydrogen-bond acceptors (Lipinski definition) is 3. The van der Waals surface area contributed by atoms with Crippen LogP contribution in [0.2, 0.25) is 0 Å². The number of nitrogens with zero attached hydrogens (tertiary/aromatic N) is 1. The fourth-order valence-corrected chi connectivity index (χ4v) is 2.80. The molecule has 2 rings (SSSR count). The number of rotatable bonds is 1. The van der Waals surface area contributed by atoms with Crippen LogP contribution in [0.5, 0.6) is 0 Å². The van der Waals surface area contributed by atoms with E-state index in [4.69, 9.17) is 0 Å². The lowest BCUT2D eigenvalue weighted by molar-refractivity contribution is -0.117. The molecule has 1 aliphatic carbocycles. The summed E-state index contributed by atoms with van der Waals surface area (Å²) in [5.74, 6) is 0.397. The number of hydrogen-bond donors (Lipinski definition) is 0. The summed E-state index contributed by atoms with van der Waals surface area (Å²) in [7, 11) is 0. The van der Waals surface area contributed by atoms with Crippen molar-refractivity contribution in [1.82, 2.24) is 4.37 Å². The third kappa shape index (κ3) is 1.53. The molecular weight excluding hydrogens is 182 g/mol. The maximum absolute atomic E-state index is 11.2.